The number of aliphatic hydroxyl groups is 1. The van der Waals surface area contributed by atoms with Gasteiger partial charge in [0.2, 0.25) is 0 Å². The molecule has 3 fully saturated rings. The predicted molar refractivity (Wildman–Crippen MR) is 48.1 cm³/mol. The maximum Gasteiger partial charge on any atom is 0.164 e. The standard InChI is InChI=1S/C11H16O2/c1-6-2-3-8-7-4-9(12)11(13,5-7)10(6)8/h6-8,10,13H,2-5H2,1H3. The topological polar surface area (TPSA) is 37.3 Å². The molecule has 0 saturated heterocycles. The zero-order valence-corrected chi connectivity index (χ0v) is 7.99. The van der Waals surface area contributed by atoms with Gasteiger partial charge in [-0.05, 0) is 30.6 Å². The lowest BCUT2D eigenvalue weighted by molar-refractivity contribution is -0.141. The monoisotopic (exact) mass is 180 g/mol. The SMILES string of the molecule is CC1CCC2C3CC(=O)C(O)(C3)C12. The predicted octanol–water partition coefficient (Wildman–Crippen LogP) is 1.37. The molecule has 3 rings (SSSR count). The summed E-state index contributed by atoms with van der Waals surface area (Å²) in [6, 6.07) is 0. The summed E-state index contributed by atoms with van der Waals surface area (Å²) in [5, 5.41) is 10.3. The van der Waals surface area contributed by atoms with E-state index < -0.39 is 5.60 Å². The Kier molecular flexibility index (Phi) is 1.33. The van der Waals surface area contributed by atoms with Crippen LogP contribution in [0.5, 0.6) is 0 Å². The molecule has 0 aromatic heterocycles. The average Bonchev–Trinajstić information content (AvgIpc) is 2.63. The number of fused-ring (bicyclic) bond motifs is 5. The van der Waals surface area contributed by atoms with Crippen molar-refractivity contribution in [3.8, 4) is 0 Å². The van der Waals surface area contributed by atoms with Crippen LogP contribution in [0, 0.1) is 23.7 Å². The van der Waals surface area contributed by atoms with E-state index in [-0.39, 0.29) is 5.78 Å². The second-order valence-electron chi connectivity index (χ2n) is 5.26. The number of ketones is 1. The zero-order valence-electron chi connectivity index (χ0n) is 7.99. The van der Waals surface area contributed by atoms with Crippen LogP contribution < -0.4 is 0 Å². The number of carbonyl (C=O) groups excluding carboxylic acids is 1. The molecular weight excluding hydrogens is 164 g/mol. The Bertz CT molecular complexity index is 273. The quantitative estimate of drug-likeness (QED) is 0.611. The highest BCUT2D eigenvalue weighted by Gasteiger charge is 2.64. The molecule has 0 radical (unpaired) electrons. The number of hydrogen-bond donors (Lipinski definition) is 1. The Hall–Kier alpha value is -0.370. The summed E-state index contributed by atoms with van der Waals surface area (Å²) < 4.78 is 0. The van der Waals surface area contributed by atoms with E-state index in [4.69, 9.17) is 0 Å². The summed E-state index contributed by atoms with van der Waals surface area (Å²) in [5.74, 6) is 2.18. The number of rotatable bonds is 0. The van der Waals surface area contributed by atoms with E-state index in [0.717, 1.165) is 6.42 Å². The molecule has 3 saturated carbocycles. The van der Waals surface area contributed by atoms with Gasteiger partial charge in [0.05, 0.1) is 0 Å². The van der Waals surface area contributed by atoms with Gasteiger partial charge < -0.3 is 5.11 Å². The van der Waals surface area contributed by atoms with E-state index in [1.165, 1.54) is 12.8 Å². The fourth-order valence-electron chi connectivity index (χ4n) is 4.22. The van der Waals surface area contributed by atoms with Gasteiger partial charge in [-0.25, -0.2) is 0 Å². The van der Waals surface area contributed by atoms with E-state index in [1.54, 1.807) is 0 Å². The number of hydrogen-bond acceptors (Lipinski definition) is 2. The molecule has 5 atom stereocenters. The van der Waals surface area contributed by atoms with E-state index in [0.29, 0.717) is 30.1 Å². The van der Waals surface area contributed by atoms with Gasteiger partial charge in [0, 0.05) is 12.3 Å². The molecule has 3 aliphatic rings. The van der Waals surface area contributed by atoms with E-state index in [1.807, 2.05) is 0 Å². The molecule has 3 aliphatic carbocycles. The first kappa shape index (κ1) is 7.98. The minimum atomic E-state index is -0.898. The minimum Gasteiger partial charge on any atom is -0.382 e. The van der Waals surface area contributed by atoms with Crippen molar-refractivity contribution in [1.82, 2.24) is 0 Å². The van der Waals surface area contributed by atoms with Gasteiger partial charge in [0.1, 0.15) is 5.60 Å². The van der Waals surface area contributed by atoms with Crippen LogP contribution in [0.1, 0.15) is 32.6 Å². The minimum absolute atomic E-state index is 0.132. The van der Waals surface area contributed by atoms with Crippen molar-refractivity contribution >= 4 is 5.78 Å². The van der Waals surface area contributed by atoms with Crippen LogP contribution in [-0.2, 0) is 4.79 Å². The first-order valence-electron chi connectivity index (χ1n) is 5.38. The largest absolute Gasteiger partial charge is 0.382 e. The molecule has 0 heterocycles. The molecule has 13 heavy (non-hydrogen) atoms. The molecule has 2 heteroatoms. The van der Waals surface area contributed by atoms with Crippen LogP contribution in [-0.4, -0.2) is 16.5 Å². The summed E-state index contributed by atoms with van der Waals surface area (Å²) in [5.41, 5.74) is -0.898. The molecule has 0 amide bonds. The van der Waals surface area contributed by atoms with Gasteiger partial charge in [0.25, 0.3) is 0 Å². The molecule has 72 valence electrons. The van der Waals surface area contributed by atoms with E-state index >= 15 is 0 Å². The van der Waals surface area contributed by atoms with Crippen molar-refractivity contribution in [1.29, 1.82) is 0 Å². The highest BCUT2D eigenvalue weighted by Crippen LogP contribution is 2.61. The van der Waals surface area contributed by atoms with Crippen LogP contribution in [0.15, 0.2) is 0 Å². The Morgan fingerprint density at radius 1 is 1.46 bits per heavy atom. The van der Waals surface area contributed by atoms with Crippen molar-refractivity contribution in [2.75, 3.05) is 0 Å². The lowest BCUT2D eigenvalue weighted by atomic mass is 9.75. The molecule has 0 spiro atoms. The van der Waals surface area contributed by atoms with E-state index in [2.05, 4.69) is 6.92 Å². The summed E-state index contributed by atoms with van der Waals surface area (Å²) in [6.07, 6.45) is 3.88. The van der Waals surface area contributed by atoms with Gasteiger partial charge in [-0.1, -0.05) is 13.3 Å². The van der Waals surface area contributed by atoms with Gasteiger partial charge in [0.15, 0.2) is 5.78 Å². The Balaban J connectivity index is 2.03. The lowest BCUT2D eigenvalue weighted by Crippen LogP contribution is -2.44. The number of Topliss-reactive ketones (excluding diaryl/α,β-unsaturated/α-hetero) is 1. The van der Waals surface area contributed by atoms with Crippen LogP contribution in [0.4, 0.5) is 0 Å². The van der Waals surface area contributed by atoms with Gasteiger partial charge in [-0.15, -0.1) is 0 Å². The molecular formula is C11H16O2. The van der Waals surface area contributed by atoms with Crippen LogP contribution in [0.3, 0.4) is 0 Å². The van der Waals surface area contributed by atoms with Crippen molar-refractivity contribution in [3.63, 3.8) is 0 Å². The third-order valence-corrected chi connectivity index (χ3v) is 4.69. The molecule has 1 N–H and O–H groups in total. The molecule has 2 nitrogen and oxygen atoms in total. The maximum atomic E-state index is 11.6. The highest BCUT2D eigenvalue weighted by atomic mass is 16.3. The van der Waals surface area contributed by atoms with Crippen molar-refractivity contribution in [2.45, 2.75) is 38.2 Å². The van der Waals surface area contributed by atoms with Gasteiger partial charge in [-0.2, -0.15) is 0 Å². The summed E-state index contributed by atoms with van der Waals surface area (Å²) in [4.78, 5) is 11.6. The normalized spacial score (nSPS) is 58.8. The Morgan fingerprint density at radius 2 is 2.23 bits per heavy atom. The first-order valence-corrected chi connectivity index (χ1v) is 5.38. The second-order valence-corrected chi connectivity index (χ2v) is 5.26. The third kappa shape index (κ3) is 0.762. The van der Waals surface area contributed by atoms with Crippen LogP contribution in [0.2, 0.25) is 0 Å². The highest BCUT2D eigenvalue weighted by molar-refractivity contribution is 5.91. The van der Waals surface area contributed by atoms with Gasteiger partial charge in [-0.3, -0.25) is 4.79 Å². The average molecular weight is 180 g/mol. The zero-order chi connectivity index (χ0) is 9.22. The fraction of sp³-hybridized carbons (Fsp3) is 0.909. The van der Waals surface area contributed by atoms with Crippen molar-refractivity contribution in [2.24, 2.45) is 23.7 Å². The number of carbonyl (C=O) groups is 1. The third-order valence-electron chi connectivity index (χ3n) is 4.69. The molecule has 0 aromatic rings. The Morgan fingerprint density at radius 3 is 3.00 bits per heavy atom. The van der Waals surface area contributed by atoms with Crippen molar-refractivity contribution < 1.29 is 9.90 Å². The summed E-state index contributed by atoms with van der Waals surface area (Å²) in [6.45, 7) is 2.19. The molecule has 5 unspecified atom stereocenters. The smallest absolute Gasteiger partial charge is 0.164 e. The van der Waals surface area contributed by atoms with Crippen LogP contribution >= 0.6 is 0 Å². The lowest BCUT2D eigenvalue weighted by Gasteiger charge is -2.32. The Labute approximate surface area is 78.3 Å². The molecule has 2 bridgehead atoms. The van der Waals surface area contributed by atoms with Crippen LogP contribution in [0.25, 0.3) is 0 Å². The second kappa shape index (κ2) is 2.17. The molecule has 0 aliphatic heterocycles. The first-order chi connectivity index (χ1) is 6.13. The van der Waals surface area contributed by atoms with Gasteiger partial charge >= 0.3 is 0 Å². The summed E-state index contributed by atoms with van der Waals surface area (Å²) >= 11 is 0. The molecule has 0 aromatic carbocycles. The van der Waals surface area contributed by atoms with Crippen molar-refractivity contribution in [3.05, 3.63) is 0 Å². The summed E-state index contributed by atoms with van der Waals surface area (Å²) in [7, 11) is 0. The van der Waals surface area contributed by atoms with E-state index in [9.17, 15) is 9.90 Å². The maximum absolute atomic E-state index is 11.6. The fourth-order valence-corrected chi connectivity index (χ4v) is 4.22.